The molecule has 5 heteroatoms. The number of hydrogen-bond acceptors (Lipinski definition) is 4. The second-order valence-corrected chi connectivity index (χ2v) is 6.62. The standard InChI is InChI=1S/C15H19BrN4/c1-10-5-6-17-8-11(10)9-18-13-7-12(16)19-14(20-13)15(2,3)4/h5-8H,9H2,1-4H3,(H,18,19,20). The molecule has 0 atom stereocenters. The van der Waals surface area contributed by atoms with Crippen LogP contribution in [0.1, 0.15) is 37.7 Å². The largest absolute Gasteiger partial charge is 0.366 e. The van der Waals surface area contributed by atoms with Crippen molar-refractivity contribution in [2.75, 3.05) is 5.32 Å². The van der Waals surface area contributed by atoms with Crippen LogP contribution in [0.25, 0.3) is 0 Å². The smallest absolute Gasteiger partial charge is 0.137 e. The number of nitrogens with zero attached hydrogens (tertiary/aromatic N) is 3. The van der Waals surface area contributed by atoms with Crippen LogP contribution in [0, 0.1) is 6.92 Å². The molecule has 0 aliphatic rings. The molecular weight excluding hydrogens is 316 g/mol. The van der Waals surface area contributed by atoms with E-state index < -0.39 is 0 Å². The van der Waals surface area contributed by atoms with Crippen molar-refractivity contribution in [3.63, 3.8) is 0 Å². The van der Waals surface area contributed by atoms with E-state index >= 15 is 0 Å². The molecule has 4 nitrogen and oxygen atoms in total. The van der Waals surface area contributed by atoms with Crippen molar-refractivity contribution in [3.05, 3.63) is 46.1 Å². The highest BCUT2D eigenvalue weighted by Crippen LogP contribution is 2.22. The van der Waals surface area contributed by atoms with E-state index in [0.29, 0.717) is 6.54 Å². The highest BCUT2D eigenvalue weighted by molar-refractivity contribution is 9.10. The molecule has 0 spiro atoms. The average molecular weight is 335 g/mol. The van der Waals surface area contributed by atoms with Gasteiger partial charge in [-0.05, 0) is 40.0 Å². The number of halogens is 1. The van der Waals surface area contributed by atoms with Crippen molar-refractivity contribution < 1.29 is 0 Å². The Hall–Kier alpha value is -1.49. The van der Waals surface area contributed by atoms with Gasteiger partial charge in [-0.15, -0.1) is 0 Å². The third-order valence-corrected chi connectivity index (χ3v) is 3.38. The fraction of sp³-hybridized carbons (Fsp3) is 0.400. The molecule has 0 radical (unpaired) electrons. The second kappa shape index (κ2) is 5.87. The van der Waals surface area contributed by atoms with Gasteiger partial charge in [-0.2, -0.15) is 0 Å². The summed E-state index contributed by atoms with van der Waals surface area (Å²) in [4.78, 5) is 13.2. The lowest BCUT2D eigenvalue weighted by molar-refractivity contribution is 0.544. The number of pyridine rings is 1. The Bertz CT molecular complexity index is 605. The molecule has 0 saturated heterocycles. The minimum absolute atomic E-state index is 0.0789. The van der Waals surface area contributed by atoms with Gasteiger partial charge in [-0.3, -0.25) is 4.98 Å². The Morgan fingerprint density at radius 2 is 2.00 bits per heavy atom. The van der Waals surface area contributed by atoms with Crippen LogP contribution in [0.2, 0.25) is 0 Å². The first kappa shape index (κ1) is 14.9. The van der Waals surface area contributed by atoms with Gasteiger partial charge in [-0.25, -0.2) is 9.97 Å². The fourth-order valence-corrected chi connectivity index (χ4v) is 2.10. The molecule has 0 aliphatic carbocycles. The molecule has 0 bridgehead atoms. The predicted molar refractivity (Wildman–Crippen MR) is 84.7 cm³/mol. The lowest BCUT2D eigenvalue weighted by Crippen LogP contribution is -2.17. The summed E-state index contributed by atoms with van der Waals surface area (Å²) in [7, 11) is 0. The van der Waals surface area contributed by atoms with E-state index in [4.69, 9.17) is 0 Å². The maximum Gasteiger partial charge on any atom is 0.137 e. The number of anilines is 1. The van der Waals surface area contributed by atoms with Gasteiger partial charge in [0.2, 0.25) is 0 Å². The van der Waals surface area contributed by atoms with Crippen molar-refractivity contribution in [1.82, 2.24) is 15.0 Å². The predicted octanol–water partition coefficient (Wildman–Crippen LogP) is 3.85. The summed E-state index contributed by atoms with van der Waals surface area (Å²) in [5.41, 5.74) is 2.31. The first-order valence-corrected chi connectivity index (χ1v) is 7.34. The van der Waals surface area contributed by atoms with Crippen LogP contribution in [0.15, 0.2) is 29.1 Å². The van der Waals surface area contributed by atoms with E-state index in [1.165, 1.54) is 11.1 Å². The Morgan fingerprint density at radius 1 is 1.25 bits per heavy atom. The van der Waals surface area contributed by atoms with Gasteiger partial charge in [0.15, 0.2) is 0 Å². The highest BCUT2D eigenvalue weighted by atomic mass is 79.9. The molecule has 2 aromatic heterocycles. The molecular formula is C15H19BrN4. The molecule has 0 aromatic carbocycles. The van der Waals surface area contributed by atoms with Crippen molar-refractivity contribution in [1.29, 1.82) is 0 Å². The minimum Gasteiger partial charge on any atom is -0.366 e. The number of aryl methyl sites for hydroxylation is 1. The van der Waals surface area contributed by atoms with E-state index in [0.717, 1.165) is 16.2 Å². The van der Waals surface area contributed by atoms with Gasteiger partial charge >= 0.3 is 0 Å². The first-order chi connectivity index (χ1) is 9.36. The molecule has 20 heavy (non-hydrogen) atoms. The molecule has 2 aromatic rings. The minimum atomic E-state index is -0.0789. The third kappa shape index (κ3) is 3.76. The quantitative estimate of drug-likeness (QED) is 0.866. The van der Waals surface area contributed by atoms with Gasteiger partial charge in [0.25, 0.3) is 0 Å². The summed E-state index contributed by atoms with van der Waals surface area (Å²) < 4.78 is 0.794. The Morgan fingerprint density at radius 3 is 2.65 bits per heavy atom. The SMILES string of the molecule is Cc1ccncc1CNc1cc(Br)nc(C(C)(C)C)n1. The zero-order valence-electron chi connectivity index (χ0n) is 12.2. The molecule has 0 amide bonds. The van der Waals surface area contributed by atoms with Crippen molar-refractivity contribution in [2.24, 2.45) is 0 Å². The molecule has 0 aliphatic heterocycles. The second-order valence-electron chi connectivity index (χ2n) is 5.81. The van der Waals surface area contributed by atoms with Crippen LogP contribution in [-0.2, 0) is 12.0 Å². The lowest BCUT2D eigenvalue weighted by Gasteiger charge is -2.18. The molecule has 2 heterocycles. The Kier molecular flexibility index (Phi) is 4.38. The maximum absolute atomic E-state index is 4.58. The van der Waals surface area contributed by atoms with E-state index in [1.807, 2.05) is 18.3 Å². The van der Waals surface area contributed by atoms with Crippen LogP contribution in [0.5, 0.6) is 0 Å². The number of aromatic nitrogens is 3. The Balaban J connectivity index is 2.18. The van der Waals surface area contributed by atoms with E-state index in [-0.39, 0.29) is 5.41 Å². The lowest BCUT2D eigenvalue weighted by atomic mass is 9.96. The van der Waals surface area contributed by atoms with Crippen LogP contribution < -0.4 is 5.32 Å². The number of hydrogen-bond donors (Lipinski definition) is 1. The van der Waals surface area contributed by atoms with E-state index in [2.05, 4.69) is 63.9 Å². The maximum atomic E-state index is 4.58. The van der Waals surface area contributed by atoms with Crippen LogP contribution in [0.4, 0.5) is 5.82 Å². The van der Waals surface area contributed by atoms with Crippen LogP contribution in [0.3, 0.4) is 0 Å². The van der Waals surface area contributed by atoms with Crippen LogP contribution in [-0.4, -0.2) is 15.0 Å². The molecule has 0 unspecified atom stereocenters. The summed E-state index contributed by atoms with van der Waals surface area (Å²) in [6, 6.07) is 3.90. The first-order valence-electron chi connectivity index (χ1n) is 6.54. The third-order valence-electron chi connectivity index (χ3n) is 2.97. The normalized spacial score (nSPS) is 11.4. The van der Waals surface area contributed by atoms with Gasteiger partial charge in [0.05, 0.1) is 0 Å². The molecule has 2 rings (SSSR count). The number of nitrogens with one attached hydrogen (secondary N) is 1. The summed E-state index contributed by atoms with van der Waals surface area (Å²) in [5, 5.41) is 3.33. The number of rotatable bonds is 3. The zero-order valence-corrected chi connectivity index (χ0v) is 13.8. The summed E-state index contributed by atoms with van der Waals surface area (Å²) in [6.45, 7) is 9.08. The van der Waals surface area contributed by atoms with Gasteiger partial charge in [0, 0.05) is 30.4 Å². The zero-order chi connectivity index (χ0) is 14.8. The summed E-state index contributed by atoms with van der Waals surface area (Å²) in [5.74, 6) is 1.64. The highest BCUT2D eigenvalue weighted by Gasteiger charge is 2.18. The molecule has 0 saturated carbocycles. The van der Waals surface area contributed by atoms with Crippen LogP contribution >= 0.6 is 15.9 Å². The van der Waals surface area contributed by atoms with Gasteiger partial charge in [0.1, 0.15) is 16.2 Å². The Labute approximate surface area is 128 Å². The topological polar surface area (TPSA) is 50.7 Å². The molecule has 0 fully saturated rings. The molecule has 106 valence electrons. The van der Waals surface area contributed by atoms with Crippen molar-refractivity contribution >= 4 is 21.7 Å². The summed E-state index contributed by atoms with van der Waals surface area (Å²) in [6.07, 6.45) is 3.68. The van der Waals surface area contributed by atoms with Gasteiger partial charge < -0.3 is 5.32 Å². The van der Waals surface area contributed by atoms with Crippen molar-refractivity contribution in [2.45, 2.75) is 39.7 Å². The monoisotopic (exact) mass is 334 g/mol. The summed E-state index contributed by atoms with van der Waals surface area (Å²) >= 11 is 3.44. The van der Waals surface area contributed by atoms with E-state index in [9.17, 15) is 0 Å². The molecule has 1 N–H and O–H groups in total. The fourth-order valence-electron chi connectivity index (χ4n) is 1.71. The van der Waals surface area contributed by atoms with Crippen molar-refractivity contribution in [3.8, 4) is 0 Å². The van der Waals surface area contributed by atoms with Gasteiger partial charge in [-0.1, -0.05) is 20.8 Å². The average Bonchev–Trinajstić information content (AvgIpc) is 2.36. The van der Waals surface area contributed by atoms with E-state index in [1.54, 1.807) is 6.20 Å².